The number of fused-ring (bicyclic) bond motifs is 1. The van der Waals surface area contributed by atoms with E-state index in [2.05, 4.69) is 15.2 Å². The number of carbonyl (C=O) groups excluding carboxylic acids is 1. The minimum absolute atomic E-state index is 0.0647. The molecule has 0 spiro atoms. The van der Waals surface area contributed by atoms with E-state index in [0.29, 0.717) is 13.1 Å². The minimum Gasteiger partial charge on any atom is -0.467 e. The normalized spacial score (nSPS) is 16.3. The van der Waals surface area contributed by atoms with E-state index >= 15 is 0 Å². The number of likely N-dealkylation sites (tertiary alicyclic amines) is 1. The van der Waals surface area contributed by atoms with Crippen LogP contribution in [0.15, 0.2) is 51.5 Å². The van der Waals surface area contributed by atoms with E-state index in [-0.39, 0.29) is 11.8 Å². The lowest BCUT2D eigenvalue weighted by atomic mass is 9.96. The molecular formula is C19H21N3O3. The van der Waals surface area contributed by atoms with Crippen LogP contribution in [-0.4, -0.2) is 28.9 Å². The first-order chi connectivity index (χ1) is 12.3. The van der Waals surface area contributed by atoms with E-state index in [9.17, 15) is 4.79 Å². The second kappa shape index (κ2) is 7.11. The number of benzene rings is 1. The van der Waals surface area contributed by atoms with Crippen LogP contribution in [0.1, 0.15) is 24.5 Å². The zero-order valence-electron chi connectivity index (χ0n) is 14.0. The molecule has 2 aromatic heterocycles. The van der Waals surface area contributed by atoms with E-state index in [1.54, 1.807) is 6.26 Å². The summed E-state index contributed by atoms with van der Waals surface area (Å²) in [5.74, 6) is 1.69. The number of amides is 1. The van der Waals surface area contributed by atoms with Crippen molar-refractivity contribution in [3.63, 3.8) is 0 Å². The molecule has 1 amide bonds. The third kappa shape index (κ3) is 3.74. The van der Waals surface area contributed by atoms with Gasteiger partial charge in [-0.15, -0.1) is 0 Å². The first-order valence-corrected chi connectivity index (χ1v) is 8.65. The largest absolute Gasteiger partial charge is 0.467 e. The van der Waals surface area contributed by atoms with Crippen molar-refractivity contribution in [1.82, 2.24) is 15.2 Å². The quantitative estimate of drug-likeness (QED) is 0.774. The highest BCUT2D eigenvalue weighted by molar-refractivity contribution is 5.78. The predicted molar refractivity (Wildman–Crippen MR) is 92.6 cm³/mol. The van der Waals surface area contributed by atoms with Gasteiger partial charge in [0.1, 0.15) is 11.3 Å². The number of aromatic nitrogens is 1. The van der Waals surface area contributed by atoms with E-state index in [1.165, 1.54) is 0 Å². The Morgan fingerprint density at radius 1 is 1.20 bits per heavy atom. The molecule has 0 aliphatic carbocycles. The van der Waals surface area contributed by atoms with Crippen LogP contribution in [0.2, 0.25) is 0 Å². The summed E-state index contributed by atoms with van der Waals surface area (Å²) in [5.41, 5.74) is 1.72. The molecule has 0 unspecified atom stereocenters. The molecule has 0 radical (unpaired) electrons. The third-order valence-electron chi connectivity index (χ3n) is 4.67. The molecule has 0 bridgehead atoms. The molecule has 4 rings (SSSR count). The van der Waals surface area contributed by atoms with Crippen molar-refractivity contribution in [2.45, 2.75) is 25.9 Å². The van der Waals surface area contributed by atoms with Gasteiger partial charge in [0, 0.05) is 5.92 Å². The second-order valence-electron chi connectivity index (χ2n) is 6.42. The molecule has 25 heavy (non-hydrogen) atoms. The lowest BCUT2D eigenvalue weighted by Gasteiger charge is -2.30. The zero-order valence-corrected chi connectivity index (χ0v) is 14.0. The van der Waals surface area contributed by atoms with Crippen molar-refractivity contribution in [1.29, 1.82) is 0 Å². The summed E-state index contributed by atoms with van der Waals surface area (Å²) in [6.45, 7) is 2.89. The zero-order chi connectivity index (χ0) is 17.1. The van der Waals surface area contributed by atoms with Gasteiger partial charge < -0.3 is 14.2 Å². The fraction of sp³-hybridized carbons (Fsp3) is 0.368. The van der Waals surface area contributed by atoms with E-state index in [4.69, 9.17) is 8.83 Å². The summed E-state index contributed by atoms with van der Waals surface area (Å²) < 4.78 is 11.0. The molecular weight excluding hydrogens is 318 g/mol. The lowest BCUT2D eigenvalue weighted by Crippen LogP contribution is -2.40. The molecule has 1 aliphatic rings. The summed E-state index contributed by atoms with van der Waals surface area (Å²) in [4.78, 5) is 19.1. The highest BCUT2D eigenvalue weighted by atomic mass is 16.3. The fourth-order valence-corrected chi connectivity index (χ4v) is 3.26. The number of furan rings is 1. The van der Waals surface area contributed by atoms with Gasteiger partial charge in [0.15, 0.2) is 5.58 Å². The maximum Gasteiger partial charge on any atom is 0.223 e. The van der Waals surface area contributed by atoms with Gasteiger partial charge in [-0.25, -0.2) is 4.98 Å². The van der Waals surface area contributed by atoms with Gasteiger partial charge in [-0.2, -0.15) is 0 Å². The lowest BCUT2D eigenvalue weighted by molar-refractivity contribution is -0.126. The first-order valence-electron chi connectivity index (χ1n) is 8.65. The molecule has 3 aromatic rings. The Morgan fingerprint density at radius 3 is 2.80 bits per heavy atom. The van der Waals surface area contributed by atoms with Crippen molar-refractivity contribution in [3.8, 4) is 0 Å². The van der Waals surface area contributed by atoms with Gasteiger partial charge >= 0.3 is 0 Å². The van der Waals surface area contributed by atoms with Gasteiger partial charge in [0.25, 0.3) is 0 Å². The van der Waals surface area contributed by atoms with Crippen LogP contribution in [0.5, 0.6) is 0 Å². The summed E-state index contributed by atoms with van der Waals surface area (Å²) >= 11 is 0. The SMILES string of the molecule is O=C(NCc1ccco1)C1CCN(Cc2nc3ccccc3o2)CC1. The van der Waals surface area contributed by atoms with E-state index in [1.807, 2.05) is 36.4 Å². The summed E-state index contributed by atoms with van der Waals surface area (Å²) in [7, 11) is 0. The summed E-state index contributed by atoms with van der Waals surface area (Å²) in [5, 5.41) is 2.95. The van der Waals surface area contributed by atoms with Gasteiger partial charge in [-0.3, -0.25) is 9.69 Å². The van der Waals surface area contributed by atoms with Crippen LogP contribution in [-0.2, 0) is 17.9 Å². The molecule has 1 fully saturated rings. The highest BCUT2D eigenvalue weighted by Gasteiger charge is 2.25. The Labute approximate surface area is 145 Å². The molecule has 6 heteroatoms. The van der Waals surface area contributed by atoms with Gasteiger partial charge in [-0.05, 0) is 50.2 Å². The van der Waals surface area contributed by atoms with Crippen LogP contribution >= 0.6 is 0 Å². The first kappa shape index (κ1) is 15.9. The monoisotopic (exact) mass is 339 g/mol. The van der Waals surface area contributed by atoms with Crippen molar-refractivity contribution < 1.29 is 13.6 Å². The molecule has 0 atom stereocenters. The van der Waals surface area contributed by atoms with Crippen LogP contribution < -0.4 is 5.32 Å². The molecule has 130 valence electrons. The summed E-state index contributed by atoms with van der Waals surface area (Å²) in [6.07, 6.45) is 3.32. The van der Waals surface area contributed by atoms with Crippen LogP contribution in [0.4, 0.5) is 0 Å². The Balaban J connectivity index is 1.27. The number of para-hydroxylation sites is 2. The molecule has 6 nitrogen and oxygen atoms in total. The van der Waals surface area contributed by atoms with Gasteiger partial charge in [-0.1, -0.05) is 12.1 Å². The molecule has 1 aromatic carbocycles. The topological polar surface area (TPSA) is 71.5 Å². The smallest absolute Gasteiger partial charge is 0.223 e. The number of piperidine rings is 1. The minimum atomic E-state index is 0.0647. The Morgan fingerprint density at radius 2 is 2.04 bits per heavy atom. The fourth-order valence-electron chi connectivity index (χ4n) is 3.26. The van der Waals surface area contributed by atoms with Crippen molar-refractivity contribution in [3.05, 3.63) is 54.3 Å². The predicted octanol–water partition coefficient (Wildman–Crippen LogP) is 2.95. The molecule has 1 N–H and O–H groups in total. The average molecular weight is 339 g/mol. The third-order valence-corrected chi connectivity index (χ3v) is 4.67. The number of hydrogen-bond donors (Lipinski definition) is 1. The number of rotatable bonds is 5. The van der Waals surface area contributed by atoms with E-state index in [0.717, 1.165) is 48.7 Å². The Hall–Kier alpha value is -2.60. The van der Waals surface area contributed by atoms with Crippen LogP contribution in [0, 0.1) is 5.92 Å². The number of carbonyl (C=O) groups is 1. The van der Waals surface area contributed by atoms with Gasteiger partial charge in [0.2, 0.25) is 11.8 Å². The van der Waals surface area contributed by atoms with Crippen molar-refractivity contribution in [2.75, 3.05) is 13.1 Å². The van der Waals surface area contributed by atoms with Crippen molar-refractivity contribution >= 4 is 17.0 Å². The number of nitrogens with zero attached hydrogens (tertiary/aromatic N) is 2. The number of hydrogen-bond acceptors (Lipinski definition) is 5. The number of oxazole rings is 1. The maximum atomic E-state index is 12.3. The standard InChI is InChI=1S/C19H21N3O3/c23-19(20-12-15-4-3-11-24-15)14-7-9-22(10-8-14)13-18-21-16-5-1-2-6-17(16)25-18/h1-6,11,14H,7-10,12-13H2,(H,20,23). The van der Waals surface area contributed by atoms with Gasteiger partial charge in [0.05, 0.1) is 19.4 Å². The number of nitrogens with one attached hydrogen (secondary N) is 1. The molecule has 1 aliphatic heterocycles. The highest BCUT2D eigenvalue weighted by Crippen LogP contribution is 2.21. The Kier molecular flexibility index (Phi) is 4.52. The van der Waals surface area contributed by atoms with Crippen LogP contribution in [0.3, 0.4) is 0 Å². The second-order valence-corrected chi connectivity index (χ2v) is 6.42. The molecule has 1 saturated heterocycles. The average Bonchev–Trinajstić information content (AvgIpc) is 3.29. The molecule has 3 heterocycles. The maximum absolute atomic E-state index is 12.3. The van der Waals surface area contributed by atoms with Crippen LogP contribution in [0.25, 0.3) is 11.1 Å². The summed E-state index contributed by atoms with van der Waals surface area (Å²) in [6, 6.07) is 11.5. The molecule has 0 saturated carbocycles. The van der Waals surface area contributed by atoms with E-state index < -0.39 is 0 Å². The Bertz CT molecular complexity index is 800. The van der Waals surface area contributed by atoms with Crippen molar-refractivity contribution in [2.24, 2.45) is 5.92 Å².